The van der Waals surface area contributed by atoms with E-state index in [1.165, 1.54) is 0 Å². The molecule has 0 heterocycles. The first-order chi connectivity index (χ1) is 34.1. The van der Waals surface area contributed by atoms with Crippen LogP contribution in [0.2, 0.25) is 10.0 Å². The molecule has 0 aromatic heterocycles. The van der Waals surface area contributed by atoms with Crippen LogP contribution in [-0.4, -0.2) is 4.21 Å². The third-order valence-corrected chi connectivity index (χ3v) is 14.0. The highest BCUT2D eigenvalue weighted by Gasteiger charge is 2.26. The fourth-order valence-corrected chi connectivity index (χ4v) is 10.1. The van der Waals surface area contributed by atoms with Gasteiger partial charge in [-0.25, -0.2) is 21.8 Å². The predicted molar refractivity (Wildman–Crippen MR) is 274 cm³/mol. The molecule has 3 nitrogen and oxygen atoms in total. The van der Waals surface area contributed by atoms with Crippen molar-refractivity contribution in [2.45, 2.75) is 60.2 Å². The number of allylic oxidation sites excluding steroid dienone is 4. The second-order valence-electron chi connectivity index (χ2n) is 16.8. The van der Waals surface area contributed by atoms with E-state index in [4.69, 9.17) is 32.7 Å². The Morgan fingerprint density at radius 1 is 0.429 bits per heavy atom. The maximum atomic E-state index is 16.6. The van der Waals surface area contributed by atoms with Crippen LogP contribution in [0.4, 0.5) is 17.6 Å². The molecule has 0 saturated carbocycles. The molecule has 0 radical (unpaired) electrons. The molecule has 0 amide bonds. The first-order valence-electron chi connectivity index (χ1n) is 22.9. The summed E-state index contributed by atoms with van der Waals surface area (Å²) in [6.45, 7) is 0. The zero-order valence-corrected chi connectivity index (χ0v) is 40.3. The smallest absolute Gasteiger partial charge is 0.139 e. The Morgan fingerprint density at radius 2 is 0.786 bits per heavy atom. The lowest BCUT2D eigenvalue weighted by atomic mass is 9.90. The summed E-state index contributed by atoms with van der Waals surface area (Å²) < 4.78 is 92.0. The summed E-state index contributed by atoms with van der Waals surface area (Å²) in [6, 6.07) is 60.0. The van der Waals surface area contributed by atoms with Crippen molar-refractivity contribution in [2.24, 2.45) is 0 Å². The Morgan fingerprint density at radius 3 is 1.19 bits per heavy atom. The van der Waals surface area contributed by atoms with Gasteiger partial charge in [0.25, 0.3) is 0 Å². The van der Waals surface area contributed by atoms with Gasteiger partial charge in [-0.3, -0.25) is 0 Å². The number of rotatable bonds is 20. The SMILES string of the molecule is O=S(c1ccccc1CCC(C(F)=C(F)Cc1cccc(Oc2ccccc2)c1)c1ccc(Cl)cc1)c1ccccc1CCC(C(F)=C(F)Cc1cccc(Oc2ccccc2)c1)c1ccc(Cl)cc1. The van der Waals surface area contributed by atoms with Crippen molar-refractivity contribution in [3.05, 3.63) is 273 Å². The van der Waals surface area contributed by atoms with Gasteiger partial charge in [-0.15, -0.1) is 0 Å². The average molecular weight is 996 g/mol. The summed E-state index contributed by atoms with van der Waals surface area (Å²) in [6.07, 6.45) is 0.240. The van der Waals surface area contributed by atoms with E-state index in [0.29, 0.717) is 76.2 Å². The summed E-state index contributed by atoms with van der Waals surface area (Å²) in [5, 5.41) is 0.919. The number of halogens is 6. The first kappa shape index (κ1) is 49.7. The molecule has 2 unspecified atom stereocenters. The lowest BCUT2D eigenvalue weighted by Gasteiger charge is -2.19. The molecule has 70 heavy (non-hydrogen) atoms. The highest BCUT2D eigenvalue weighted by Crippen LogP contribution is 2.38. The Labute approximate surface area is 419 Å². The minimum atomic E-state index is -1.74. The molecule has 0 aliphatic heterocycles. The highest BCUT2D eigenvalue weighted by molar-refractivity contribution is 7.85. The molecule has 0 saturated heterocycles. The van der Waals surface area contributed by atoms with E-state index in [0.717, 1.165) is 0 Å². The lowest BCUT2D eigenvalue weighted by Crippen LogP contribution is -2.08. The zero-order chi connectivity index (χ0) is 48.8. The topological polar surface area (TPSA) is 35.5 Å². The van der Waals surface area contributed by atoms with Crippen molar-refractivity contribution in [2.75, 3.05) is 0 Å². The van der Waals surface area contributed by atoms with Crippen LogP contribution in [0.5, 0.6) is 23.0 Å². The van der Waals surface area contributed by atoms with Crippen molar-refractivity contribution in [3.63, 3.8) is 0 Å². The number of aryl methyl sites for hydroxylation is 2. The minimum absolute atomic E-state index is 0.151. The average Bonchev–Trinajstić information content (AvgIpc) is 3.38. The maximum absolute atomic E-state index is 16.6. The van der Waals surface area contributed by atoms with E-state index in [1.807, 2.05) is 84.9 Å². The third kappa shape index (κ3) is 13.3. The minimum Gasteiger partial charge on any atom is -0.457 e. The Hall–Kier alpha value is -6.71. The van der Waals surface area contributed by atoms with Gasteiger partial charge in [-0.2, -0.15) is 0 Å². The van der Waals surface area contributed by atoms with Gasteiger partial charge in [0, 0.05) is 44.5 Å². The van der Waals surface area contributed by atoms with Crippen molar-refractivity contribution in [1.82, 2.24) is 0 Å². The van der Waals surface area contributed by atoms with E-state index in [9.17, 15) is 4.21 Å². The van der Waals surface area contributed by atoms with E-state index < -0.39 is 45.9 Å². The van der Waals surface area contributed by atoms with Gasteiger partial charge in [-0.05, 0) is 144 Å². The normalized spacial score (nSPS) is 13.4. The molecular weight excluding hydrogens is 948 g/mol. The number of hydrogen-bond donors (Lipinski definition) is 0. The van der Waals surface area contributed by atoms with Crippen LogP contribution in [0, 0.1) is 0 Å². The third-order valence-electron chi connectivity index (χ3n) is 11.9. The monoisotopic (exact) mass is 994 g/mol. The van der Waals surface area contributed by atoms with Gasteiger partial charge in [0.05, 0.1) is 10.8 Å². The summed E-state index contributed by atoms with van der Waals surface area (Å²) >= 11 is 12.5. The zero-order valence-electron chi connectivity index (χ0n) is 37.9. The Kier molecular flexibility index (Phi) is 17.2. The van der Waals surface area contributed by atoms with E-state index in [1.54, 1.807) is 121 Å². The number of para-hydroxylation sites is 2. The quantitative estimate of drug-likeness (QED) is 0.0714. The van der Waals surface area contributed by atoms with Crippen molar-refractivity contribution in [3.8, 4) is 23.0 Å². The van der Waals surface area contributed by atoms with Crippen molar-refractivity contribution < 1.29 is 31.2 Å². The molecule has 0 aliphatic rings. The van der Waals surface area contributed by atoms with Crippen LogP contribution in [0.3, 0.4) is 0 Å². The van der Waals surface area contributed by atoms with E-state index in [2.05, 4.69) is 0 Å². The fraction of sp³-hybridized carbons (Fsp3) is 0.133. The fourth-order valence-electron chi connectivity index (χ4n) is 8.36. The molecule has 8 rings (SSSR count). The van der Waals surface area contributed by atoms with Crippen molar-refractivity contribution in [1.29, 1.82) is 0 Å². The van der Waals surface area contributed by atoms with E-state index in [-0.39, 0.29) is 38.5 Å². The summed E-state index contributed by atoms with van der Waals surface area (Å²) in [5.74, 6) is -3.33. The molecular formula is C60H48Cl2F4O3S. The van der Waals surface area contributed by atoms with Gasteiger partial charge < -0.3 is 9.47 Å². The summed E-state index contributed by atoms with van der Waals surface area (Å²) in [4.78, 5) is 1.02. The molecule has 8 aromatic rings. The largest absolute Gasteiger partial charge is 0.457 e. The second-order valence-corrected chi connectivity index (χ2v) is 19.0. The number of ether oxygens (including phenoxy) is 2. The summed E-state index contributed by atoms with van der Waals surface area (Å²) in [5.41, 5.74) is 3.55. The van der Waals surface area contributed by atoms with Crippen LogP contribution in [0.25, 0.3) is 0 Å². The lowest BCUT2D eigenvalue weighted by molar-refractivity contribution is 0.457. The molecule has 0 spiro atoms. The molecule has 0 N–H and O–H groups in total. The maximum Gasteiger partial charge on any atom is 0.139 e. The predicted octanol–water partition coefficient (Wildman–Crippen LogP) is 18.0. The molecule has 0 fully saturated rings. The molecule has 0 bridgehead atoms. The van der Waals surface area contributed by atoms with Crippen LogP contribution in [-0.2, 0) is 36.5 Å². The van der Waals surface area contributed by atoms with Gasteiger partial charge in [-0.1, -0.05) is 145 Å². The van der Waals surface area contributed by atoms with Gasteiger partial charge in [0.2, 0.25) is 0 Å². The van der Waals surface area contributed by atoms with Crippen LogP contribution < -0.4 is 9.47 Å². The van der Waals surface area contributed by atoms with Crippen LogP contribution >= 0.6 is 23.2 Å². The highest BCUT2D eigenvalue weighted by atomic mass is 35.5. The Bertz CT molecular complexity index is 2880. The van der Waals surface area contributed by atoms with Crippen LogP contribution in [0.15, 0.2) is 239 Å². The molecule has 8 aromatic carbocycles. The molecule has 354 valence electrons. The standard InChI is InChI=1S/C60H48Cl2F4O3S/c61-47-31-25-43(26-32-47)53(59(65)55(63)39-41-13-11-21-51(37-41)68-49-17-3-1-4-18-49)35-29-45-15-7-9-23-57(45)70(67)58-24-10-8-16-46(58)30-36-54(44-27-33-48(62)34-28-44)60(66)56(64)40-42-14-12-22-52(38-42)69-50-19-5-2-6-20-50/h1-28,31-34,37-38,53-54H,29-30,35-36,39-40H2. The number of benzene rings is 8. The Balaban J connectivity index is 1.01. The molecule has 2 atom stereocenters. The van der Waals surface area contributed by atoms with Crippen LogP contribution in [0.1, 0.15) is 58.1 Å². The molecule has 10 heteroatoms. The van der Waals surface area contributed by atoms with Crippen molar-refractivity contribution >= 4 is 34.0 Å². The molecule has 0 aliphatic carbocycles. The van der Waals surface area contributed by atoms with Gasteiger partial charge >= 0.3 is 0 Å². The first-order valence-corrected chi connectivity index (χ1v) is 24.8. The van der Waals surface area contributed by atoms with E-state index >= 15 is 17.6 Å². The second kappa shape index (κ2) is 24.2. The summed E-state index contributed by atoms with van der Waals surface area (Å²) in [7, 11) is -1.74. The van der Waals surface area contributed by atoms with Gasteiger partial charge in [0.15, 0.2) is 0 Å². The van der Waals surface area contributed by atoms with Gasteiger partial charge in [0.1, 0.15) is 46.3 Å². The number of hydrogen-bond acceptors (Lipinski definition) is 3.